The maximum absolute atomic E-state index is 10.1. The average Bonchev–Trinajstić information content (AvgIpc) is 2.75. The molecule has 0 aromatic rings. The summed E-state index contributed by atoms with van der Waals surface area (Å²) in [5.74, 6) is 0. The maximum atomic E-state index is 10.1. The van der Waals surface area contributed by atoms with Crippen LogP contribution in [0.25, 0.3) is 0 Å². The van der Waals surface area contributed by atoms with Crippen LogP contribution in [-0.2, 0) is 14.3 Å². The topological polar surface area (TPSA) is 35.5 Å². The van der Waals surface area contributed by atoms with Gasteiger partial charge < -0.3 is 14.3 Å². The smallest absolute Gasteiger partial charge is 0.157 e. The van der Waals surface area contributed by atoms with Crippen molar-refractivity contribution in [3.63, 3.8) is 0 Å². The molecular weight excluding hydrogens is 192 g/mol. The Kier molecular flexibility index (Phi) is 7.48. The quantitative estimate of drug-likeness (QED) is 0.437. The number of ether oxygens (including phenoxy) is 2. The molecule has 1 heterocycles. The Morgan fingerprint density at radius 2 is 1.53 bits per heavy atom. The van der Waals surface area contributed by atoms with Crippen LogP contribution < -0.4 is 0 Å². The summed E-state index contributed by atoms with van der Waals surface area (Å²) >= 11 is 0. The van der Waals surface area contributed by atoms with Crippen LogP contribution in [0.15, 0.2) is 0 Å². The first-order valence-electron chi connectivity index (χ1n) is 6.10. The number of aldehydes is 1. The van der Waals surface area contributed by atoms with Crippen LogP contribution in [0.2, 0.25) is 0 Å². The van der Waals surface area contributed by atoms with Crippen molar-refractivity contribution in [1.29, 1.82) is 0 Å². The summed E-state index contributed by atoms with van der Waals surface area (Å²) in [4.78, 5) is 10.1. The fraction of sp³-hybridized carbons (Fsp3) is 0.917. The summed E-state index contributed by atoms with van der Waals surface area (Å²) in [6.45, 7) is 1.52. The monoisotopic (exact) mass is 214 g/mol. The summed E-state index contributed by atoms with van der Waals surface area (Å²) in [5.41, 5.74) is 0. The minimum Gasteiger partial charge on any atom is -0.350 e. The molecule has 1 saturated heterocycles. The van der Waals surface area contributed by atoms with Crippen LogP contribution in [0.1, 0.15) is 51.4 Å². The van der Waals surface area contributed by atoms with E-state index in [1.54, 1.807) is 0 Å². The number of carbonyl (C=O) groups is 1. The molecule has 3 nitrogen and oxygen atoms in total. The first-order valence-corrected chi connectivity index (χ1v) is 6.10. The van der Waals surface area contributed by atoms with Gasteiger partial charge in [0.2, 0.25) is 0 Å². The zero-order chi connectivity index (χ0) is 10.8. The standard InChI is InChI=1S/C12H22O3/c13-9-7-5-3-1-2-4-6-8-12-14-10-11-15-12/h9,12H,1-8,10-11H2. The Morgan fingerprint density at radius 1 is 0.933 bits per heavy atom. The van der Waals surface area contributed by atoms with Crippen molar-refractivity contribution in [3.05, 3.63) is 0 Å². The second-order valence-corrected chi connectivity index (χ2v) is 4.04. The number of rotatable bonds is 9. The highest BCUT2D eigenvalue weighted by atomic mass is 16.7. The lowest BCUT2D eigenvalue weighted by atomic mass is 10.1. The first-order chi connectivity index (χ1) is 7.43. The highest BCUT2D eigenvalue weighted by Crippen LogP contribution is 2.14. The van der Waals surface area contributed by atoms with E-state index in [0.29, 0.717) is 0 Å². The van der Waals surface area contributed by atoms with Crippen LogP contribution in [0.3, 0.4) is 0 Å². The van der Waals surface area contributed by atoms with Crippen molar-refractivity contribution in [2.45, 2.75) is 57.7 Å². The predicted octanol–water partition coefficient (Wildman–Crippen LogP) is 2.68. The predicted molar refractivity (Wildman–Crippen MR) is 58.7 cm³/mol. The normalized spacial score (nSPS) is 17.1. The van der Waals surface area contributed by atoms with Gasteiger partial charge in [0, 0.05) is 6.42 Å². The van der Waals surface area contributed by atoms with Gasteiger partial charge in [0.15, 0.2) is 6.29 Å². The van der Waals surface area contributed by atoms with E-state index in [1.165, 1.54) is 32.1 Å². The first kappa shape index (κ1) is 12.7. The zero-order valence-corrected chi connectivity index (χ0v) is 9.45. The molecule has 15 heavy (non-hydrogen) atoms. The number of carbonyl (C=O) groups excluding carboxylic acids is 1. The summed E-state index contributed by atoms with van der Waals surface area (Å²) in [7, 11) is 0. The fourth-order valence-electron chi connectivity index (χ4n) is 1.82. The third-order valence-corrected chi connectivity index (χ3v) is 2.70. The van der Waals surface area contributed by atoms with Crippen LogP contribution in [-0.4, -0.2) is 25.8 Å². The van der Waals surface area contributed by atoms with Gasteiger partial charge in [-0.1, -0.05) is 25.7 Å². The van der Waals surface area contributed by atoms with Gasteiger partial charge in [-0.15, -0.1) is 0 Å². The zero-order valence-electron chi connectivity index (χ0n) is 9.45. The van der Waals surface area contributed by atoms with E-state index in [1.807, 2.05) is 0 Å². The van der Waals surface area contributed by atoms with Crippen molar-refractivity contribution < 1.29 is 14.3 Å². The van der Waals surface area contributed by atoms with Crippen molar-refractivity contribution in [1.82, 2.24) is 0 Å². The molecule has 0 atom stereocenters. The van der Waals surface area contributed by atoms with Crippen LogP contribution in [0, 0.1) is 0 Å². The number of hydrogen-bond donors (Lipinski definition) is 0. The molecule has 3 heteroatoms. The summed E-state index contributed by atoms with van der Waals surface area (Å²) in [5, 5.41) is 0. The minimum absolute atomic E-state index is 0.0695. The van der Waals surface area contributed by atoms with E-state index in [2.05, 4.69) is 0 Å². The van der Waals surface area contributed by atoms with Crippen LogP contribution in [0.4, 0.5) is 0 Å². The van der Waals surface area contributed by atoms with E-state index in [4.69, 9.17) is 9.47 Å². The Balaban J connectivity index is 1.74. The lowest BCUT2D eigenvalue weighted by Gasteiger charge is -2.07. The number of hydrogen-bond acceptors (Lipinski definition) is 3. The molecule has 88 valence electrons. The molecule has 0 saturated carbocycles. The summed E-state index contributed by atoms with van der Waals surface area (Å²) in [6.07, 6.45) is 10.1. The SMILES string of the molecule is O=CCCCCCCCCC1OCCO1. The minimum atomic E-state index is 0.0695. The van der Waals surface area contributed by atoms with E-state index in [-0.39, 0.29) is 6.29 Å². The maximum Gasteiger partial charge on any atom is 0.157 e. The molecule has 1 aliphatic rings. The lowest BCUT2D eigenvalue weighted by Crippen LogP contribution is -2.06. The van der Waals surface area contributed by atoms with Crippen molar-refractivity contribution >= 4 is 6.29 Å². The van der Waals surface area contributed by atoms with E-state index in [0.717, 1.165) is 38.8 Å². The van der Waals surface area contributed by atoms with Gasteiger partial charge in [-0.05, 0) is 19.3 Å². The second-order valence-electron chi connectivity index (χ2n) is 4.04. The molecule has 0 spiro atoms. The van der Waals surface area contributed by atoms with Crippen LogP contribution in [0.5, 0.6) is 0 Å². The highest BCUT2D eigenvalue weighted by molar-refractivity contribution is 5.48. The number of unbranched alkanes of at least 4 members (excludes halogenated alkanes) is 6. The molecular formula is C12H22O3. The average molecular weight is 214 g/mol. The molecule has 0 aromatic carbocycles. The van der Waals surface area contributed by atoms with Gasteiger partial charge in [0.05, 0.1) is 13.2 Å². The van der Waals surface area contributed by atoms with Gasteiger partial charge >= 0.3 is 0 Å². The Bertz CT molecular complexity index is 153. The highest BCUT2D eigenvalue weighted by Gasteiger charge is 2.14. The van der Waals surface area contributed by atoms with E-state index < -0.39 is 0 Å². The van der Waals surface area contributed by atoms with Gasteiger partial charge in [-0.2, -0.15) is 0 Å². The Labute approximate surface area is 92.1 Å². The van der Waals surface area contributed by atoms with Gasteiger partial charge in [0.25, 0.3) is 0 Å². The molecule has 0 radical (unpaired) electrons. The molecule has 0 aromatic heterocycles. The lowest BCUT2D eigenvalue weighted by molar-refractivity contribution is -0.107. The molecule has 1 rings (SSSR count). The molecule has 0 unspecified atom stereocenters. The fourth-order valence-corrected chi connectivity index (χ4v) is 1.82. The third-order valence-electron chi connectivity index (χ3n) is 2.70. The van der Waals surface area contributed by atoms with Crippen molar-refractivity contribution in [2.24, 2.45) is 0 Å². The molecule has 1 fully saturated rings. The second kappa shape index (κ2) is 8.86. The molecule has 0 N–H and O–H groups in total. The van der Waals surface area contributed by atoms with E-state index >= 15 is 0 Å². The molecule has 0 aliphatic carbocycles. The Morgan fingerprint density at radius 3 is 2.20 bits per heavy atom. The van der Waals surface area contributed by atoms with E-state index in [9.17, 15) is 4.79 Å². The van der Waals surface area contributed by atoms with Gasteiger partial charge in [-0.3, -0.25) is 0 Å². The summed E-state index contributed by atoms with van der Waals surface area (Å²) in [6, 6.07) is 0. The largest absolute Gasteiger partial charge is 0.350 e. The van der Waals surface area contributed by atoms with Crippen molar-refractivity contribution in [3.8, 4) is 0 Å². The van der Waals surface area contributed by atoms with Gasteiger partial charge in [-0.25, -0.2) is 0 Å². The third kappa shape index (κ3) is 6.63. The molecule has 0 bridgehead atoms. The van der Waals surface area contributed by atoms with Gasteiger partial charge in [0.1, 0.15) is 6.29 Å². The van der Waals surface area contributed by atoms with Crippen LogP contribution >= 0.6 is 0 Å². The summed E-state index contributed by atoms with van der Waals surface area (Å²) < 4.78 is 10.7. The molecule has 1 aliphatic heterocycles. The van der Waals surface area contributed by atoms with Crippen molar-refractivity contribution in [2.75, 3.05) is 13.2 Å². The molecule has 0 amide bonds. The Hall–Kier alpha value is -0.410.